The van der Waals surface area contributed by atoms with Crippen LogP contribution >= 0.6 is 35.4 Å². The smallest absolute Gasteiger partial charge is 0.284 e. The summed E-state index contributed by atoms with van der Waals surface area (Å²) in [5, 5.41) is 2.21. The number of nitrogens with two attached hydrogens (primary N) is 1. The van der Waals surface area contributed by atoms with Gasteiger partial charge in [-0.05, 0) is 48.3 Å². The number of amides is 1. The summed E-state index contributed by atoms with van der Waals surface area (Å²) >= 11 is 14.3. The lowest BCUT2D eigenvalue weighted by molar-refractivity contribution is -0.110. The summed E-state index contributed by atoms with van der Waals surface area (Å²) in [6.07, 6.45) is 0.995. The monoisotopic (exact) mass is 376 g/mol. The van der Waals surface area contributed by atoms with Gasteiger partial charge < -0.3 is 15.6 Å². The molecular weight excluding hydrogens is 359 g/mol. The van der Waals surface area contributed by atoms with Crippen molar-refractivity contribution < 1.29 is 9.59 Å². The van der Waals surface area contributed by atoms with E-state index in [0.717, 1.165) is 25.2 Å². The average molecular weight is 377 g/mol. The number of nitrogens with zero attached hydrogens (tertiary/aromatic N) is 1. The first-order valence-electron chi connectivity index (χ1n) is 6.74. The quantitative estimate of drug-likeness (QED) is 0.237. The van der Waals surface area contributed by atoms with Crippen molar-refractivity contribution in [1.82, 2.24) is 10.3 Å². The van der Waals surface area contributed by atoms with E-state index in [4.69, 9.17) is 41.3 Å². The van der Waals surface area contributed by atoms with Crippen molar-refractivity contribution in [2.45, 2.75) is 13.0 Å². The van der Waals surface area contributed by atoms with E-state index < -0.39 is 5.24 Å². The standard InChI is InChI=1S/C12H16N4OS.C2H2Cl2O/c1-16-5-4-8-6-10(3-2-9(8)7-16)14-11(17)12(18)15-13;3-1-2(4)5/h2-3,6H,4-5,7,13H2,1H3,(H,14,17)(H,15,18);1H2. The fraction of sp³-hybridized carbons (Fsp3) is 0.357. The SMILES string of the molecule is CN1CCc2cc(NC(=O)C(=S)NN)ccc2C1.O=C(Cl)CCl. The molecule has 9 heteroatoms. The molecule has 1 aliphatic rings. The van der Waals surface area contributed by atoms with Crippen molar-refractivity contribution in [3.63, 3.8) is 0 Å². The lowest BCUT2D eigenvalue weighted by Gasteiger charge is -2.25. The van der Waals surface area contributed by atoms with E-state index in [1.165, 1.54) is 11.1 Å². The van der Waals surface area contributed by atoms with Crippen LogP contribution in [0.5, 0.6) is 0 Å². The second-order valence-corrected chi connectivity index (χ2v) is 5.98. The number of thiocarbonyl (C=S) groups is 1. The van der Waals surface area contributed by atoms with Crippen LogP contribution < -0.4 is 16.6 Å². The highest BCUT2D eigenvalue weighted by molar-refractivity contribution is 7.82. The number of hydrogen-bond donors (Lipinski definition) is 3. The van der Waals surface area contributed by atoms with E-state index in [0.29, 0.717) is 0 Å². The number of anilines is 1. The maximum absolute atomic E-state index is 11.6. The highest BCUT2D eigenvalue weighted by atomic mass is 35.5. The molecule has 0 bridgehead atoms. The Morgan fingerprint density at radius 2 is 2.04 bits per heavy atom. The molecule has 0 unspecified atom stereocenters. The maximum atomic E-state index is 11.6. The van der Waals surface area contributed by atoms with Gasteiger partial charge in [0.05, 0.1) is 5.88 Å². The molecule has 0 saturated carbocycles. The molecule has 0 saturated heterocycles. The number of carbonyl (C=O) groups excluding carboxylic acids is 2. The minimum Gasteiger partial charge on any atom is -0.320 e. The van der Waals surface area contributed by atoms with Crippen molar-refractivity contribution in [1.29, 1.82) is 0 Å². The fourth-order valence-electron chi connectivity index (χ4n) is 2.03. The van der Waals surface area contributed by atoms with Crippen LogP contribution in [0.1, 0.15) is 11.1 Å². The molecule has 0 aliphatic carbocycles. The predicted octanol–water partition coefficient (Wildman–Crippen LogP) is 1.39. The molecule has 6 nitrogen and oxygen atoms in total. The van der Waals surface area contributed by atoms with Crippen LogP contribution in [0.15, 0.2) is 18.2 Å². The third-order valence-corrected chi connectivity index (χ3v) is 3.93. The van der Waals surface area contributed by atoms with Crippen molar-refractivity contribution in [2.75, 3.05) is 24.8 Å². The normalized spacial score (nSPS) is 13.2. The summed E-state index contributed by atoms with van der Waals surface area (Å²) < 4.78 is 0. The third-order valence-electron chi connectivity index (χ3n) is 3.11. The largest absolute Gasteiger partial charge is 0.320 e. The van der Waals surface area contributed by atoms with Crippen molar-refractivity contribution in [3.05, 3.63) is 29.3 Å². The Morgan fingerprint density at radius 1 is 1.39 bits per heavy atom. The Labute approximate surface area is 150 Å². The number of carbonyl (C=O) groups is 2. The summed E-state index contributed by atoms with van der Waals surface area (Å²) in [7, 11) is 2.10. The Morgan fingerprint density at radius 3 is 2.61 bits per heavy atom. The van der Waals surface area contributed by atoms with Crippen LogP contribution in [0.25, 0.3) is 0 Å². The molecule has 126 valence electrons. The number of halogens is 2. The zero-order chi connectivity index (χ0) is 17.4. The second-order valence-electron chi connectivity index (χ2n) is 4.89. The zero-order valence-corrected chi connectivity index (χ0v) is 14.9. The van der Waals surface area contributed by atoms with Gasteiger partial charge in [-0.1, -0.05) is 18.3 Å². The topological polar surface area (TPSA) is 87.5 Å². The molecule has 0 aromatic heterocycles. The minimum absolute atomic E-state index is 0.0209. The van der Waals surface area contributed by atoms with E-state index >= 15 is 0 Å². The first kappa shape index (κ1) is 19.8. The number of benzene rings is 1. The number of likely N-dealkylation sites (N-methyl/N-ethyl adjacent to an activating group) is 1. The first-order chi connectivity index (χ1) is 10.9. The van der Waals surface area contributed by atoms with Crippen LogP contribution in [0, 0.1) is 0 Å². The van der Waals surface area contributed by atoms with E-state index in [1.807, 2.05) is 18.2 Å². The van der Waals surface area contributed by atoms with Crippen LogP contribution in [-0.2, 0) is 22.6 Å². The molecule has 1 aliphatic heterocycles. The zero-order valence-electron chi connectivity index (χ0n) is 12.6. The fourth-order valence-corrected chi connectivity index (χ4v) is 2.08. The van der Waals surface area contributed by atoms with Gasteiger partial charge in [0, 0.05) is 18.8 Å². The number of nitrogens with one attached hydrogen (secondary N) is 2. The summed E-state index contributed by atoms with van der Waals surface area (Å²) in [6, 6.07) is 5.92. The van der Waals surface area contributed by atoms with Gasteiger partial charge in [-0.2, -0.15) is 0 Å². The summed E-state index contributed by atoms with van der Waals surface area (Å²) in [5.41, 5.74) is 5.50. The lowest BCUT2D eigenvalue weighted by Crippen LogP contribution is -2.38. The Hall–Kier alpha value is -1.25. The van der Waals surface area contributed by atoms with Crippen molar-refractivity contribution >= 4 is 57.2 Å². The van der Waals surface area contributed by atoms with E-state index in [9.17, 15) is 9.59 Å². The Bertz CT molecular complexity index is 598. The molecule has 1 aromatic carbocycles. The summed E-state index contributed by atoms with van der Waals surface area (Å²) in [4.78, 5) is 23.3. The van der Waals surface area contributed by atoms with Gasteiger partial charge in [0.15, 0.2) is 4.99 Å². The Balaban J connectivity index is 0.000000463. The van der Waals surface area contributed by atoms with Gasteiger partial charge in [-0.3, -0.25) is 9.59 Å². The summed E-state index contributed by atoms with van der Waals surface area (Å²) in [6.45, 7) is 1.99. The molecule has 0 atom stereocenters. The van der Waals surface area contributed by atoms with Gasteiger partial charge in [-0.15, -0.1) is 11.6 Å². The molecule has 1 amide bonds. The molecule has 1 aromatic rings. The first-order valence-corrected chi connectivity index (χ1v) is 8.06. The number of hydrogen-bond acceptors (Lipinski definition) is 5. The molecule has 0 spiro atoms. The molecule has 2 rings (SSSR count). The molecule has 0 fully saturated rings. The molecule has 23 heavy (non-hydrogen) atoms. The van der Waals surface area contributed by atoms with E-state index in [1.54, 1.807) is 0 Å². The predicted molar refractivity (Wildman–Crippen MR) is 96.6 cm³/mol. The molecule has 1 heterocycles. The van der Waals surface area contributed by atoms with Gasteiger partial charge in [0.2, 0.25) is 5.24 Å². The van der Waals surface area contributed by atoms with E-state index in [-0.39, 0.29) is 16.8 Å². The van der Waals surface area contributed by atoms with Gasteiger partial charge in [0.25, 0.3) is 5.91 Å². The molecule has 4 N–H and O–H groups in total. The number of fused-ring (bicyclic) bond motifs is 1. The lowest BCUT2D eigenvalue weighted by atomic mass is 9.99. The maximum Gasteiger partial charge on any atom is 0.284 e. The number of hydrazine groups is 1. The van der Waals surface area contributed by atoms with E-state index in [2.05, 4.69) is 22.7 Å². The molecule has 0 radical (unpaired) electrons. The third kappa shape index (κ3) is 6.80. The minimum atomic E-state index is -0.508. The van der Waals surface area contributed by atoms with Crippen LogP contribution in [0.3, 0.4) is 0 Å². The number of alkyl halides is 1. The average Bonchev–Trinajstić information content (AvgIpc) is 2.54. The van der Waals surface area contributed by atoms with Gasteiger partial charge in [0.1, 0.15) is 0 Å². The van der Waals surface area contributed by atoms with Crippen LogP contribution in [-0.4, -0.2) is 40.5 Å². The number of rotatable bonds is 2. The summed E-state index contributed by atoms with van der Waals surface area (Å²) in [5.74, 6) is 4.61. The van der Waals surface area contributed by atoms with Crippen molar-refractivity contribution in [2.24, 2.45) is 5.84 Å². The highest BCUT2D eigenvalue weighted by Gasteiger charge is 2.14. The molecular formula is C14H18Cl2N4O2S. The van der Waals surface area contributed by atoms with Crippen molar-refractivity contribution in [3.8, 4) is 0 Å². The van der Waals surface area contributed by atoms with Gasteiger partial charge in [-0.25, -0.2) is 5.84 Å². The highest BCUT2D eigenvalue weighted by Crippen LogP contribution is 2.21. The second kappa shape index (κ2) is 9.79. The van der Waals surface area contributed by atoms with Gasteiger partial charge >= 0.3 is 0 Å². The van der Waals surface area contributed by atoms with Crippen LogP contribution in [0.4, 0.5) is 5.69 Å². The van der Waals surface area contributed by atoms with Crippen LogP contribution in [0.2, 0.25) is 0 Å². The Kier molecular flexibility index (Phi) is 8.43.